The SMILES string of the molecule is Cc1nc(C)c(CC(=O)N[C@H]2CCCN(Cc3ccccc3F)C2)c(=O)[nH]1. The van der Waals surface area contributed by atoms with Crippen molar-refractivity contribution in [1.29, 1.82) is 0 Å². The predicted octanol–water partition coefficient (Wildman–Crippen LogP) is 1.85. The van der Waals surface area contributed by atoms with Crippen LogP contribution in [0, 0.1) is 19.7 Å². The molecule has 1 fully saturated rings. The van der Waals surface area contributed by atoms with E-state index in [0.717, 1.165) is 19.4 Å². The van der Waals surface area contributed by atoms with Crippen LogP contribution < -0.4 is 10.9 Å². The third-order valence-electron chi connectivity index (χ3n) is 4.90. The second kappa shape index (κ2) is 8.43. The molecule has 27 heavy (non-hydrogen) atoms. The lowest BCUT2D eigenvalue weighted by atomic mass is 10.0. The van der Waals surface area contributed by atoms with Gasteiger partial charge in [-0.2, -0.15) is 0 Å². The summed E-state index contributed by atoms with van der Waals surface area (Å²) in [5, 5.41) is 3.01. The number of rotatable bonds is 5. The number of hydrogen-bond acceptors (Lipinski definition) is 4. The molecule has 0 spiro atoms. The second-order valence-electron chi connectivity index (χ2n) is 7.13. The smallest absolute Gasteiger partial charge is 0.254 e. The van der Waals surface area contributed by atoms with E-state index >= 15 is 0 Å². The minimum Gasteiger partial charge on any atom is -0.352 e. The first-order chi connectivity index (χ1) is 12.9. The number of nitrogens with one attached hydrogen (secondary N) is 2. The van der Waals surface area contributed by atoms with E-state index in [4.69, 9.17) is 0 Å². The van der Waals surface area contributed by atoms with E-state index in [1.54, 1.807) is 26.0 Å². The van der Waals surface area contributed by atoms with Crippen LogP contribution >= 0.6 is 0 Å². The Balaban J connectivity index is 1.58. The number of halogens is 1. The average Bonchev–Trinajstić information content (AvgIpc) is 2.60. The van der Waals surface area contributed by atoms with Crippen LogP contribution in [0.4, 0.5) is 4.39 Å². The highest BCUT2D eigenvalue weighted by molar-refractivity contribution is 5.79. The quantitative estimate of drug-likeness (QED) is 0.840. The molecule has 0 bridgehead atoms. The molecule has 7 heteroatoms. The van der Waals surface area contributed by atoms with Crippen LogP contribution in [0.5, 0.6) is 0 Å². The largest absolute Gasteiger partial charge is 0.352 e. The number of hydrogen-bond donors (Lipinski definition) is 2. The summed E-state index contributed by atoms with van der Waals surface area (Å²) < 4.78 is 13.9. The molecule has 1 aromatic carbocycles. The maximum Gasteiger partial charge on any atom is 0.254 e. The molecular formula is C20H25FN4O2. The van der Waals surface area contributed by atoms with E-state index in [1.807, 2.05) is 6.07 Å². The van der Waals surface area contributed by atoms with Gasteiger partial charge in [-0.15, -0.1) is 0 Å². The maximum absolute atomic E-state index is 13.9. The van der Waals surface area contributed by atoms with Gasteiger partial charge in [0.15, 0.2) is 0 Å². The minimum atomic E-state index is -0.264. The lowest BCUT2D eigenvalue weighted by molar-refractivity contribution is -0.121. The predicted molar refractivity (Wildman–Crippen MR) is 101 cm³/mol. The summed E-state index contributed by atoms with van der Waals surface area (Å²) in [6.07, 6.45) is 1.82. The van der Waals surface area contributed by atoms with Crippen LogP contribution in [0.3, 0.4) is 0 Å². The van der Waals surface area contributed by atoms with E-state index in [1.165, 1.54) is 6.07 Å². The summed E-state index contributed by atoms with van der Waals surface area (Å²) in [7, 11) is 0. The molecule has 2 N–H and O–H groups in total. The number of aromatic amines is 1. The maximum atomic E-state index is 13.9. The zero-order chi connectivity index (χ0) is 19.4. The van der Waals surface area contributed by atoms with Crippen LogP contribution in [-0.2, 0) is 17.8 Å². The van der Waals surface area contributed by atoms with E-state index in [9.17, 15) is 14.0 Å². The monoisotopic (exact) mass is 372 g/mol. The first-order valence-corrected chi connectivity index (χ1v) is 9.24. The molecule has 1 amide bonds. The number of H-pyrrole nitrogens is 1. The third-order valence-corrected chi connectivity index (χ3v) is 4.90. The van der Waals surface area contributed by atoms with E-state index in [2.05, 4.69) is 20.2 Å². The molecule has 0 unspecified atom stereocenters. The van der Waals surface area contributed by atoms with Gasteiger partial charge in [-0.3, -0.25) is 14.5 Å². The topological polar surface area (TPSA) is 78.1 Å². The Morgan fingerprint density at radius 2 is 2.15 bits per heavy atom. The molecule has 6 nitrogen and oxygen atoms in total. The zero-order valence-corrected chi connectivity index (χ0v) is 15.7. The number of amides is 1. The number of aryl methyl sites for hydroxylation is 2. The van der Waals surface area contributed by atoms with Gasteiger partial charge in [0, 0.05) is 36.0 Å². The summed E-state index contributed by atoms with van der Waals surface area (Å²) in [4.78, 5) is 33.5. The van der Waals surface area contributed by atoms with Crippen molar-refractivity contribution in [2.75, 3.05) is 13.1 Å². The number of nitrogens with zero attached hydrogens (tertiary/aromatic N) is 2. The molecule has 1 saturated heterocycles. The zero-order valence-electron chi connectivity index (χ0n) is 15.7. The van der Waals surface area contributed by atoms with Crippen molar-refractivity contribution in [3.8, 4) is 0 Å². The number of carbonyl (C=O) groups is 1. The molecule has 1 aliphatic rings. The highest BCUT2D eigenvalue weighted by Gasteiger charge is 2.23. The average molecular weight is 372 g/mol. The number of piperidine rings is 1. The molecule has 1 aliphatic heterocycles. The summed E-state index contributed by atoms with van der Waals surface area (Å²) in [5.74, 6) is 0.148. The van der Waals surface area contributed by atoms with Crippen molar-refractivity contribution >= 4 is 5.91 Å². The standard InChI is InChI=1S/C20H25FN4O2/c1-13-17(20(27)23-14(2)22-13)10-19(26)24-16-7-5-9-25(12-16)11-15-6-3-4-8-18(15)21/h3-4,6,8,16H,5,7,9-12H2,1-2H3,(H,24,26)(H,22,23,27)/t16-/m0/s1. The van der Waals surface area contributed by atoms with Gasteiger partial charge >= 0.3 is 0 Å². The first kappa shape index (κ1) is 19.2. The highest BCUT2D eigenvalue weighted by atomic mass is 19.1. The van der Waals surface area contributed by atoms with Gasteiger partial charge in [0.1, 0.15) is 11.6 Å². The van der Waals surface area contributed by atoms with Gasteiger partial charge in [-0.1, -0.05) is 18.2 Å². The number of likely N-dealkylation sites (tertiary alicyclic amines) is 1. The van der Waals surface area contributed by atoms with Crippen molar-refractivity contribution in [3.05, 3.63) is 63.1 Å². The van der Waals surface area contributed by atoms with Crippen molar-refractivity contribution in [2.45, 2.75) is 45.7 Å². The fourth-order valence-corrected chi connectivity index (χ4v) is 3.58. The molecular weight excluding hydrogens is 347 g/mol. The summed E-state index contributed by atoms with van der Waals surface area (Å²) in [6.45, 7) is 5.52. The van der Waals surface area contributed by atoms with Crippen molar-refractivity contribution in [2.24, 2.45) is 0 Å². The second-order valence-corrected chi connectivity index (χ2v) is 7.13. The third kappa shape index (κ3) is 5.01. The van der Waals surface area contributed by atoms with Crippen LogP contribution in [0.25, 0.3) is 0 Å². The Labute approximate surface area is 157 Å². The molecule has 3 rings (SSSR count). The van der Waals surface area contributed by atoms with Crippen LogP contribution in [0.1, 0.15) is 35.5 Å². The molecule has 0 radical (unpaired) electrons. The number of aromatic nitrogens is 2. The Morgan fingerprint density at radius 3 is 2.89 bits per heavy atom. The van der Waals surface area contributed by atoms with E-state index in [0.29, 0.717) is 35.7 Å². The van der Waals surface area contributed by atoms with Crippen LogP contribution in [0.15, 0.2) is 29.1 Å². The summed E-state index contributed by atoms with van der Waals surface area (Å²) >= 11 is 0. The Bertz CT molecular complexity index is 881. The minimum absolute atomic E-state index is 0.00387. The fraction of sp³-hybridized carbons (Fsp3) is 0.450. The van der Waals surface area contributed by atoms with Crippen molar-refractivity contribution in [1.82, 2.24) is 20.2 Å². The first-order valence-electron chi connectivity index (χ1n) is 9.24. The summed E-state index contributed by atoms with van der Waals surface area (Å²) in [6, 6.07) is 6.76. The molecule has 0 aliphatic carbocycles. The molecule has 1 atom stereocenters. The van der Waals surface area contributed by atoms with Gasteiger partial charge in [0.25, 0.3) is 5.56 Å². The summed E-state index contributed by atoms with van der Waals surface area (Å²) in [5.41, 5.74) is 1.38. The van der Waals surface area contributed by atoms with Gasteiger partial charge in [-0.25, -0.2) is 9.37 Å². The van der Waals surface area contributed by atoms with Crippen molar-refractivity contribution < 1.29 is 9.18 Å². The van der Waals surface area contributed by atoms with Crippen molar-refractivity contribution in [3.63, 3.8) is 0 Å². The highest BCUT2D eigenvalue weighted by Crippen LogP contribution is 2.16. The Kier molecular flexibility index (Phi) is 6.01. The van der Waals surface area contributed by atoms with Crippen LogP contribution in [-0.4, -0.2) is 39.9 Å². The number of benzene rings is 1. The molecule has 144 valence electrons. The Hall–Kier alpha value is -2.54. The lowest BCUT2D eigenvalue weighted by Gasteiger charge is -2.33. The van der Waals surface area contributed by atoms with Gasteiger partial charge in [0.05, 0.1) is 6.42 Å². The molecule has 0 saturated carbocycles. The normalized spacial score (nSPS) is 17.7. The Morgan fingerprint density at radius 1 is 1.37 bits per heavy atom. The number of carbonyl (C=O) groups excluding carboxylic acids is 1. The van der Waals surface area contributed by atoms with E-state index < -0.39 is 0 Å². The molecule has 1 aromatic heterocycles. The van der Waals surface area contributed by atoms with Gasteiger partial charge in [0.2, 0.25) is 5.91 Å². The van der Waals surface area contributed by atoms with Gasteiger partial charge in [-0.05, 0) is 39.3 Å². The lowest BCUT2D eigenvalue weighted by Crippen LogP contribution is -2.48. The molecule has 2 aromatic rings. The fourth-order valence-electron chi connectivity index (χ4n) is 3.58. The van der Waals surface area contributed by atoms with E-state index in [-0.39, 0.29) is 29.7 Å². The van der Waals surface area contributed by atoms with Gasteiger partial charge < -0.3 is 10.3 Å². The van der Waals surface area contributed by atoms with Crippen LogP contribution in [0.2, 0.25) is 0 Å². The molecule has 2 heterocycles.